The van der Waals surface area contributed by atoms with Gasteiger partial charge in [0.2, 0.25) is 5.91 Å². The summed E-state index contributed by atoms with van der Waals surface area (Å²) in [5.74, 6) is 0.673. The number of nitrogens with one attached hydrogen (secondary N) is 2. The van der Waals surface area contributed by atoms with Crippen molar-refractivity contribution in [1.29, 1.82) is 0 Å². The Bertz CT molecular complexity index is 822. The van der Waals surface area contributed by atoms with Gasteiger partial charge in [-0.1, -0.05) is 30.7 Å². The van der Waals surface area contributed by atoms with Gasteiger partial charge in [-0.15, -0.1) is 0 Å². The molecular formula is C25H39N5O2. The minimum Gasteiger partial charge on any atom is -0.378 e. The molecule has 3 fully saturated rings. The van der Waals surface area contributed by atoms with Crippen molar-refractivity contribution in [3.8, 4) is 0 Å². The van der Waals surface area contributed by atoms with Gasteiger partial charge in [0.05, 0.1) is 12.0 Å². The van der Waals surface area contributed by atoms with Crippen molar-refractivity contribution >= 4 is 11.9 Å². The van der Waals surface area contributed by atoms with Crippen molar-refractivity contribution in [2.45, 2.75) is 70.7 Å². The number of carbonyl (C=O) groups is 1. The number of amides is 1. The van der Waals surface area contributed by atoms with Crippen molar-refractivity contribution in [3.63, 3.8) is 0 Å². The maximum atomic E-state index is 11.6. The highest BCUT2D eigenvalue weighted by molar-refractivity contribution is 5.80. The van der Waals surface area contributed by atoms with Gasteiger partial charge in [-0.25, -0.2) is 0 Å². The van der Waals surface area contributed by atoms with Gasteiger partial charge in [-0.05, 0) is 56.7 Å². The Morgan fingerprint density at radius 2 is 2.12 bits per heavy atom. The fraction of sp³-hybridized carbons (Fsp3) is 0.680. The molecule has 3 unspecified atom stereocenters. The molecule has 2 aliphatic carbocycles. The molecule has 32 heavy (non-hydrogen) atoms. The van der Waals surface area contributed by atoms with E-state index in [-0.39, 0.29) is 11.8 Å². The minimum absolute atomic E-state index is 0.0178. The predicted octanol–water partition coefficient (Wildman–Crippen LogP) is 2.40. The number of aliphatic imine (C=N–C) groups is 1. The zero-order valence-electron chi connectivity index (χ0n) is 19.6. The lowest BCUT2D eigenvalue weighted by atomic mass is 9.51. The molecule has 1 aromatic carbocycles. The number of carbonyl (C=O) groups excluding carboxylic acids is 1. The van der Waals surface area contributed by atoms with Crippen LogP contribution >= 0.6 is 0 Å². The summed E-state index contributed by atoms with van der Waals surface area (Å²) in [5, 5.41) is 7.15. The van der Waals surface area contributed by atoms with Gasteiger partial charge in [-0.3, -0.25) is 14.7 Å². The van der Waals surface area contributed by atoms with E-state index in [1.54, 1.807) is 0 Å². The molecule has 1 spiro atoms. The fourth-order valence-electron chi connectivity index (χ4n) is 5.71. The summed E-state index contributed by atoms with van der Waals surface area (Å²) in [7, 11) is 1.84. The Kier molecular flexibility index (Phi) is 7.36. The average Bonchev–Trinajstić information content (AvgIpc) is 2.74. The number of likely N-dealkylation sites (tertiary alicyclic amines) is 1. The third-order valence-corrected chi connectivity index (χ3v) is 7.74. The Labute approximate surface area is 192 Å². The molecule has 1 aromatic rings. The van der Waals surface area contributed by atoms with Gasteiger partial charge in [0.25, 0.3) is 0 Å². The van der Waals surface area contributed by atoms with Crippen molar-refractivity contribution in [2.24, 2.45) is 22.1 Å². The summed E-state index contributed by atoms with van der Waals surface area (Å²) in [4.78, 5) is 18.4. The number of hydrogen-bond acceptors (Lipinski definition) is 4. The van der Waals surface area contributed by atoms with E-state index < -0.39 is 0 Å². The zero-order chi connectivity index (χ0) is 22.6. The molecule has 2 saturated carbocycles. The van der Waals surface area contributed by atoms with Crippen LogP contribution < -0.4 is 16.4 Å². The van der Waals surface area contributed by atoms with Crippen LogP contribution in [-0.4, -0.2) is 55.7 Å². The molecule has 4 N–H and O–H groups in total. The molecule has 0 aromatic heterocycles. The van der Waals surface area contributed by atoms with E-state index in [4.69, 9.17) is 10.5 Å². The van der Waals surface area contributed by atoms with E-state index in [9.17, 15) is 4.79 Å². The molecule has 3 atom stereocenters. The van der Waals surface area contributed by atoms with Crippen LogP contribution in [-0.2, 0) is 22.6 Å². The number of nitrogens with zero attached hydrogens (tertiary/aromatic N) is 2. The Morgan fingerprint density at radius 1 is 1.31 bits per heavy atom. The van der Waals surface area contributed by atoms with Gasteiger partial charge in [0.1, 0.15) is 0 Å². The molecule has 1 saturated heterocycles. The van der Waals surface area contributed by atoms with Gasteiger partial charge in [0.15, 0.2) is 5.96 Å². The molecule has 1 amide bonds. The van der Waals surface area contributed by atoms with E-state index in [0.717, 1.165) is 58.0 Å². The zero-order valence-corrected chi connectivity index (χ0v) is 19.6. The highest BCUT2D eigenvalue weighted by atomic mass is 16.5. The first-order valence-corrected chi connectivity index (χ1v) is 12.2. The van der Waals surface area contributed by atoms with E-state index >= 15 is 0 Å². The first-order valence-electron chi connectivity index (χ1n) is 12.2. The van der Waals surface area contributed by atoms with Crippen molar-refractivity contribution < 1.29 is 9.53 Å². The van der Waals surface area contributed by atoms with Crippen LogP contribution in [0.4, 0.5) is 0 Å². The molecule has 4 rings (SSSR count). The second-order valence-electron chi connectivity index (χ2n) is 9.69. The minimum atomic E-state index is -0.172. The Hall–Kier alpha value is -2.12. The predicted molar refractivity (Wildman–Crippen MR) is 127 cm³/mol. The molecule has 7 nitrogen and oxygen atoms in total. The maximum Gasteiger partial charge on any atom is 0.221 e. The second kappa shape index (κ2) is 10.2. The standard InChI is InChI=1S/C25H39N5O2/c1-3-32-22-14-21(25(22)10-6-11-25)29-24(27-2)28-15-18-7-4-8-19(13-18)16-30-12-5-9-20(17-30)23(26)31/h4,7-8,13,20-22H,3,5-6,9-12,14-17H2,1-2H3,(H2,26,31)(H2,27,28,29). The molecule has 7 heteroatoms. The van der Waals surface area contributed by atoms with Gasteiger partial charge >= 0.3 is 0 Å². The third kappa shape index (κ3) is 4.94. The van der Waals surface area contributed by atoms with Crippen molar-refractivity contribution in [3.05, 3.63) is 35.4 Å². The first-order chi connectivity index (χ1) is 15.5. The van der Waals surface area contributed by atoms with Crippen LogP contribution in [0.3, 0.4) is 0 Å². The second-order valence-corrected chi connectivity index (χ2v) is 9.69. The smallest absolute Gasteiger partial charge is 0.221 e. The molecule has 0 radical (unpaired) electrons. The van der Waals surface area contributed by atoms with Crippen molar-refractivity contribution in [2.75, 3.05) is 26.7 Å². The van der Waals surface area contributed by atoms with Gasteiger partial charge in [0, 0.05) is 44.7 Å². The maximum absolute atomic E-state index is 11.6. The van der Waals surface area contributed by atoms with E-state index in [0.29, 0.717) is 17.6 Å². The number of nitrogens with two attached hydrogens (primary N) is 1. The molecule has 0 bridgehead atoms. The number of ether oxygens (including phenoxy) is 1. The van der Waals surface area contributed by atoms with Crippen LogP contribution in [0.25, 0.3) is 0 Å². The van der Waals surface area contributed by atoms with Gasteiger partial charge < -0.3 is 21.1 Å². The van der Waals surface area contributed by atoms with E-state index in [2.05, 4.69) is 51.7 Å². The van der Waals surface area contributed by atoms with E-state index in [1.807, 2.05) is 7.05 Å². The Balaban J connectivity index is 1.28. The Morgan fingerprint density at radius 3 is 2.81 bits per heavy atom. The molecule has 176 valence electrons. The summed E-state index contributed by atoms with van der Waals surface area (Å²) in [6.07, 6.45) is 7.21. The van der Waals surface area contributed by atoms with Crippen LogP contribution in [0.1, 0.15) is 56.6 Å². The number of primary amides is 1. The fourth-order valence-corrected chi connectivity index (χ4v) is 5.71. The number of hydrogen-bond donors (Lipinski definition) is 3. The quantitative estimate of drug-likeness (QED) is 0.426. The SMILES string of the molecule is CCOC1CC(NC(=NC)NCc2cccc(CN3CCCC(C(N)=O)C3)c2)C12CCC2. The summed E-state index contributed by atoms with van der Waals surface area (Å²) in [5.41, 5.74) is 8.34. The van der Waals surface area contributed by atoms with Crippen LogP contribution in [0, 0.1) is 11.3 Å². The third-order valence-electron chi connectivity index (χ3n) is 7.74. The highest BCUT2D eigenvalue weighted by Crippen LogP contribution is 2.57. The first kappa shape index (κ1) is 23.1. The normalized spacial score (nSPS) is 27.4. The lowest BCUT2D eigenvalue weighted by Crippen LogP contribution is -2.68. The van der Waals surface area contributed by atoms with E-state index in [1.165, 1.54) is 30.4 Å². The van der Waals surface area contributed by atoms with Crippen LogP contribution in [0.15, 0.2) is 29.3 Å². The topological polar surface area (TPSA) is 92.0 Å². The van der Waals surface area contributed by atoms with Gasteiger partial charge in [-0.2, -0.15) is 0 Å². The van der Waals surface area contributed by atoms with Crippen LogP contribution in [0.2, 0.25) is 0 Å². The molecule has 1 heterocycles. The number of guanidine groups is 1. The lowest BCUT2D eigenvalue weighted by Gasteiger charge is -2.61. The molecule has 3 aliphatic rings. The molecular weight excluding hydrogens is 402 g/mol. The lowest BCUT2D eigenvalue weighted by molar-refractivity contribution is -0.168. The number of rotatable bonds is 8. The summed E-state index contributed by atoms with van der Waals surface area (Å²) in [6.45, 7) is 6.25. The summed E-state index contributed by atoms with van der Waals surface area (Å²) < 4.78 is 5.98. The monoisotopic (exact) mass is 441 g/mol. The molecule has 1 aliphatic heterocycles. The van der Waals surface area contributed by atoms with Crippen LogP contribution in [0.5, 0.6) is 0 Å². The summed E-state index contributed by atoms with van der Waals surface area (Å²) >= 11 is 0. The number of piperidine rings is 1. The summed E-state index contributed by atoms with van der Waals surface area (Å²) in [6, 6.07) is 9.11. The average molecular weight is 442 g/mol. The van der Waals surface area contributed by atoms with Crippen molar-refractivity contribution in [1.82, 2.24) is 15.5 Å². The largest absolute Gasteiger partial charge is 0.378 e. The number of benzene rings is 1. The highest BCUT2D eigenvalue weighted by Gasteiger charge is 2.59.